The number of benzene rings is 1. The molecule has 0 spiro atoms. The number of nitrogens with one attached hydrogen (secondary N) is 1. The molecule has 1 saturated carbocycles. The molecule has 90 valence electrons. The molecule has 0 saturated heterocycles. The van der Waals surface area contributed by atoms with Crippen LogP contribution in [0.15, 0.2) is 18.2 Å². The van der Waals surface area contributed by atoms with Gasteiger partial charge in [0, 0.05) is 0 Å². The first-order valence-corrected chi connectivity index (χ1v) is 6.85. The van der Waals surface area contributed by atoms with Gasteiger partial charge in [0.2, 0.25) is 10.0 Å². The molecule has 0 amide bonds. The number of nitriles is 1. The van der Waals surface area contributed by atoms with Crippen LogP contribution in [0.1, 0.15) is 18.4 Å². The molecule has 1 aliphatic carbocycles. The lowest BCUT2D eigenvalue weighted by atomic mass is 10.2. The van der Waals surface area contributed by atoms with Gasteiger partial charge >= 0.3 is 0 Å². The zero-order chi connectivity index (χ0) is 12.5. The van der Waals surface area contributed by atoms with E-state index in [-0.39, 0.29) is 22.9 Å². The summed E-state index contributed by atoms with van der Waals surface area (Å²) in [5.74, 6) is -0.496. The Morgan fingerprint density at radius 1 is 1.47 bits per heavy atom. The molecule has 1 N–H and O–H groups in total. The second-order valence-corrected chi connectivity index (χ2v) is 5.90. The number of nitrogens with zero attached hydrogens (tertiary/aromatic N) is 1. The Morgan fingerprint density at radius 2 is 2.18 bits per heavy atom. The molecule has 1 aromatic carbocycles. The smallest absolute Gasteiger partial charge is 0.233 e. The summed E-state index contributed by atoms with van der Waals surface area (Å²) < 4.78 is 38.9. The fraction of sp³-hybridized carbons (Fsp3) is 0.364. The Labute approximate surface area is 99.1 Å². The van der Waals surface area contributed by atoms with E-state index in [4.69, 9.17) is 5.26 Å². The lowest BCUT2D eigenvalue weighted by Gasteiger charge is -2.08. The molecule has 6 heteroatoms. The zero-order valence-corrected chi connectivity index (χ0v) is 9.80. The molecule has 1 aliphatic rings. The van der Waals surface area contributed by atoms with E-state index in [0.717, 1.165) is 18.9 Å². The molecule has 1 aromatic rings. The first kappa shape index (κ1) is 11.9. The fourth-order valence-corrected chi connectivity index (χ4v) is 3.01. The van der Waals surface area contributed by atoms with E-state index in [1.807, 2.05) is 0 Å². The topological polar surface area (TPSA) is 70.0 Å². The highest BCUT2D eigenvalue weighted by Gasteiger charge is 2.28. The van der Waals surface area contributed by atoms with Crippen molar-refractivity contribution in [2.24, 2.45) is 5.92 Å². The van der Waals surface area contributed by atoms with E-state index in [0.29, 0.717) is 0 Å². The van der Waals surface area contributed by atoms with Crippen LogP contribution in [0.4, 0.5) is 10.1 Å². The first-order valence-electron chi connectivity index (χ1n) is 5.20. The van der Waals surface area contributed by atoms with Crippen molar-refractivity contribution in [2.45, 2.75) is 12.8 Å². The summed E-state index contributed by atoms with van der Waals surface area (Å²) in [6.45, 7) is 0. The minimum atomic E-state index is -3.49. The lowest BCUT2D eigenvalue weighted by molar-refractivity contribution is 0.595. The highest BCUT2D eigenvalue weighted by atomic mass is 32.2. The number of hydrogen-bond acceptors (Lipinski definition) is 3. The number of sulfonamides is 1. The van der Waals surface area contributed by atoms with Crippen LogP contribution in [0, 0.1) is 23.1 Å². The summed E-state index contributed by atoms with van der Waals surface area (Å²) in [5, 5.41) is 8.56. The third kappa shape index (κ3) is 3.17. The molecule has 17 heavy (non-hydrogen) atoms. The maximum Gasteiger partial charge on any atom is 0.233 e. The summed E-state index contributed by atoms with van der Waals surface area (Å²) in [4.78, 5) is 0. The molecule has 0 aromatic heterocycles. The maximum absolute atomic E-state index is 13.4. The normalized spacial score (nSPS) is 15.3. The van der Waals surface area contributed by atoms with Crippen molar-refractivity contribution in [3.05, 3.63) is 29.6 Å². The van der Waals surface area contributed by atoms with Crippen molar-refractivity contribution in [1.82, 2.24) is 0 Å². The van der Waals surface area contributed by atoms with E-state index >= 15 is 0 Å². The third-order valence-corrected chi connectivity index (χ3v) is 3.96. The molecule has 0 unspecified atom stereocenters. The molecular formula is C11H11FN2O2S. The van der Waals surface area contributed by atoms with Gasteiger partial charge in [-0.3, -0.25) is 4.72 Å². The Hall–Kier alpha value is -1.61. The molecule has 2 rings (SSSR count). The van der Waals surface area contributed by atoms with Gasteiger partial charge in [-0.1, -0.05) is 0 Å². The Kier molecular flexibility index (Phi) is 3.03. The van der Waals surface area contributed by atoms with Crippen LogP contribution in [0.25, 0.3) is 0 Å². The summed E-state index contributed by atoms with van der Waals surface area (Å²) in [5.41, 5.74) is 0.0530. The second-order valence-electron chi connectivity index (χ2n) is 4.13. The predicted octanol–water partition coefficient (Wildman–Crippen LogP) is 1.85. The average Bonchev–Trinajstić information content (AvgIpc) is 3.04. The van der Waals surface area contributed by atoms with Gasteiger partial charge in [0.25, 0.3) is 0 Å². The number of rotatable bonds is 4. The summed E-state index contributed by atoms with van der Waals surface area (Å²) in [7, 11) is -3.49. The summed E-state index contributed by atoms with van der Waals surface area (Å²) >= 11 is 0. The first-order chi connectivity index (χ1) is 8.00. The molecule has 4 nitrogen and oxygen atoms in total. The van der Waals surface area contributed by atoms with Gasteiger partial charge < -0.3 is 0 Å². The highest BCUT2D eigenvalue weighted by Crippen LogP contribution is 2.30. The monoisotopic (exact) mass is 254 g/mol. The fourth-order valence-electron chi connectivity index (χ4n) is 1.47. The van der Waals surface area contributed by atoms with Crippen molar-refractivity contribution in [3.63, 3.8) is 0 Å². The van der Waals surface area contributed by atoms with Gasteiger partial charge in [-0.15, -0.1) is 0 Å². The zero-order valence-electron chi connectivity index (χ0n) is 8.98. The standard InChI is InChI=1S/C11H11FN2O2S/c12-10-5-9(6-13)3-4-11(10)14-17(15,16)7-8-1-2-8/h3-5,8,14H,1-2,7H2. The Morgan fingerprint density at radius 3 is 2.71 bits per heavy atom. The minimum Gasteiger partial charge on any atom is -0.281 e. The Balaban J connectivity index is 2.15. The molecule has 1 fully saturated rings. The van der Waals surface area contributed by atoms with Crippen LogP contribution in [0.5, 0.6) is 0 Å². The van der Waals surface area contributed by atoms with Gasteiger partial charge in [-0.25, -0.2) is 12.8 Å². The van der Waals surface area contributed by atoms with E-state index in [1.165, 1.54) is 12.1 Å². The lowest BCUT2D eigenvalue weighted by Crippen LogP contribution is -2.18. The summed E-state index contributed by atoms with van der Waals surface area (Å²) in [6.07, 6.45) is 1.83. The van der Waals surface area contributed by atoms with Crippen molar-refractivity contribution >= 4 is 15.7 Å². The number of halogens is 1. The molecule has 0 atom stereocenters. The van der Waals surface area contributed by atoms with Crippen LogP contribution >= 0.6 is 0 Å². The SMILES string of the molecule is N#Cc1ccc(NS(=O)(=O)CC2CC2)c(F)c1. The molecular weight excluding hydrogens is 243 g/mol. The molecule has 0 aliphatic heterocycles. The maximum atomic E-state index is 13.4. The van der Waals surface area contributed by atoms with Gasteiger partial charge in [-0.2, -0.15) is 5.26 Å². The van der Waals surface area contributed by atoms with Crippen molar-refractivity contribution in [2.75, 3.05) is 10.5 Å². The predicted molar refractivity (Wildman–Crippen MR) is 61.2 cm³/mol. The Bertz CT molecular complexity index is 574. The van der Waals surface area contributed by atoms with Gasteiger partial charge in [0.1, 0.15) is 5.82 Å². The largest absolute Gasteiger partial charge is 0.281 e. The van der Waals surface area contributed by atoms with Crippen molar-refractivity contribution in [3.8, 4) is 6.07 Å². The van der Waals surface area contributed by atoms with E-state index in [2.05, 4.69) is 4.72 Å². The quantitative estimate of drug-likeness (QED) is 0.891. The third-order valence-electron chi connectivity index (χ3n) is 2.52. The highest BCUT2D eigenvalue weighted by molar-refractivity contribution is 7.92. The van der Waals surface area contributed by atoms with E-state index < -0.39 is 15.8 Å². The van der Waals surface area contributed by atoms with Crippen LogP contribution in [0.2, 0.25) is 0 Å². The number of hydrogen-bond donors (Lipinski definition) is 1. The van der Waals surface area contributed by atoms with Crippen LogP contribution in [-0.2, 0) is 10.0 Å². The second kappa shape index (κ2) is 4.34. The molecule has 0 heterocycles. The summed E-state index contributed by atoms with van der Waals surface area (Å²) in [6, 6.07) is 5.43. The molecule has 0 radical (unpaired) electrons. The van der Waals surface area contributed by atoms with Crippen molar-refractivity contribution in [1.29, 1.82) is 5.26 Å². The number of anilines is 1. The van der Waals surface area contributed by atoms with Crippen LogP contribution in [0.3, 0.4) is 0 Å². The molecule has 0 bridgehead atoms. The van der Waals surface area contributed by atoms with E-state index in [1.54, 1.807) is 6.07 Å². The van der Waals surface area contributed by atoms with Crippen molar-refractivity contribution < 1.29 is 12.8 Å². The van der Waals surface area contributed by atoms with Gasteiger partial charge in [0.05, 0.1) is 23.1 Å². The van der Waals surface area contributed by atoms with Crippen LogP contribution < -0.4 is 4.72 Å². The van der Waals surface area contributed by atoms with Crippen LogP contribution in [-0.4, -0.2) is 14.2 Å². The van der Waals surface area contributed by atoms with Gasteiger partial charge in [0.15, 0.2) is 0 Å². The average molecular weight is 254 g/mol. The van der Waals surface area contributed by atoms with E-state index in [9.17, 15) is 12.8 Å². The minimum absolute atomic E-state index is 0.0342. The van der Waals surface area contributed by atoms with Gasteiger partial charge in [-0.05, 0) is 37.0 Å².